The predicted octanol–water partition coefficient (Wildman–Crippen LogP) is 5.48. The summed E-state index contributed by atoms with van der Waals surface area (Å²) in [7, 11) is 0.185. The number of aryl methyl sites for hydroxylation is 1. The van der Waals surface area contributed by atoms with Crippen LogP contribution in [0.15, 0.2) is 47.6 Å². The number of sulfonamides is 1. The first-order valence-corrected chi connectivity index (χ1v) is 14.3. The second kappa shape index (κ2) is 12.2. The smallest absolute Gasteiger partial charge is 0.264 e. The Kier molecular flexibility index (Phi) is 8.96. The van der Waals surface area contributed by atoms with Crippen molar-refractivity contribution < 1.29 is 12.8 Å². The van der Waals surface area contributed by atoms with Gasteiger partial charge < -0.3 is 10.2 Å². The molecule has 38 heavy (non-hydrogen) atoms. The van der Waals surface area contributed by atoms with Crippen molar-refractivity contribution in [1.29, 1.82) is 0 Å². The zero-order chi connectivity index (χ0) is 27.3. The largest absolute Gasteiger partial charge is 0.354 e. The zero-order valence-corrected chi connectivity index (χ0v) is 23.2. The van der Waals surface area contributed by atoms with Crippen molar-refractivity contribution in [2.45, 2.75) is 43.5 Å². The van der Waals surface area contributed by atoms with Crippen molar-refractivity contribution in [3.63, 3.8) is 0 Å². The maximum absolute atomic E-state index is 14.8. The monoisotopic (exact) mass is 558 g/mol. The summed E-state index contributed by atoms with van der Waals surface area (Å²) < 4.78 is 42.2. The van der Waals surface area contributed by atoms with Gasteiger partial charge in [-0.05, 0) is 76.4 Å². The fourth-order valence-corrected chi connectivity index (χ4v) is 6.01. The van der Waals surface area contributed by atoms with E-state index in [1.165, 1.54) is 49.9 Å². The molecule has 1 saturated carbocycles. The van der Waals surface area contributed by atoms with Crippen molar-refractivity contribution >= 4 is 45.5 Å². The first-order valence-electron chi connectivity index (χ1n) is 12.5. The number of nitrogens with one attached hydrogen (secondary N) is 2. The van der Waals surface area contributed by atoms with Gasteiger partial charge in [-0.2, -0.15) is 0 Å². The van der Waals surface area contributed by atoms with E-state index in [9.17, 15) is 12.8 Å². The van der Waals surface area contributed by atoms with Crippen LogP contribution in [0.5, 0.6) is 0 Å². The van der Waals surface area contributed by atoms with E-state index in [0.29, 0.717) is 29.2 Å². The first kappa shape index (κ1) is 27.9. The Labute approximate surface area is 228 Å². The number of benzene rings is 1. The van der Waals surface area contributed by atoms with Gasteiger partial charge in [0.2, 0.25) is 5.95 Å². The SMILES string of the molecule is Cc1nc(NS(=O)(=O)c2ccccc2Cl)c(F)cc1/C=C/c1cnc(NCC2CCC(N(C)C)CC2)nc1. The molecule has 0 spiro atoms. The normalized spacial score (nSPS) is 18.2. The Hall–Kier alpha value is -3.08. The highest BCUT2D eigenvalue weighted by atomic mass is 35.5. The van der Waals surface area contributed by atoms with E-state index in [1.807, 2.05) is 0 Å². The van der Waals surface area contributed by atoms with Gasteiger partial charge in [-0.25, -0.2) is 27.8 Å². The van der Waals surface area contributed by atoms with Crippen molar-refractivity contribution in [2.24, 2.45) is 5.92 Å². The second-order valence-corrected chi connectivity index (χ2v) is 11.8. The van der Waals surface area contributed by atoms with E-state index in [1.54, 1.807) is 37.5 Å². The molecule has 1 aliphatic carbocycles. The van der Waals surface area contributed by atoms with Gasteiger partial charge in [-0.1, -0.05) is 35.9 Å². The first-order chi connectivity index (χ1) is 18.1. The fraction of sp³-hybridized carbons (Fsp3) is 0.370. The molecule has 0 radical (unpaired) electrons. The number of halogens is 2. The summed E-state index contributed by atoms with van der Waals surface area (Å²) in [5.41, 5.74) is 1.69. The second-order valence-electron chi connectivity index (χ2n) is 9.72. The van der Waals surface area contributed by atoms with Crippen LogP contribution in [0.2, 0.25) is 5.02 Å². The molecule has 4 rings (SSSR count). The van der Waals surface area contributed by atoms with E-state index in [2.05, 4.69) is 44.0 Å². The third-order valence-corrected chi connectivity index (χ3v) is 8.62. The van der Waals surface area contributed by atoms with Crippen LogP contribution in [0, 0.1) is 18.7 Å². The summed E-state index contributed by atoms with van der Waals surface area (Å²) in [5.74, 6) is 0.00243. The molecule has 2 heterocycles. The minimum Gasteiger partial charge on any atom is -0.354 e. The Morgan fingerprint density at radius 2 is 1.79 bits per heavy atom. The van der Waals surface area contributed by atoms with E-state index in [4.69, 9.17) is 11.6 Å². The standard InChI is InChI=1S/C27H32ClFN6O2S/c1-18-21(14-24(29)26(33-18)34-38(36,37)25-7-5-4-6-23(25)28)11-8-20-16-31-27(32-17-20)30-15-19-9-12-22(13-10-19)35(2)3/h4-8,11,14,16-17,19,22H,9-10,12-13,15H2,1-3H3,(H,33,34)(H,30,31,32)/b11-8+. The number of pyridine rings is 1. The number of rotatable bonds is 9. The van der Waals surface area contributed by atoms with Gasteiger partial charge in [-0.15, -0.1) is 0 Å². The van der Waals surface area contributed by atoms with Crippen LogP contribution in [0.4, 0.5) is 16.2 Å². The van der Waals surface area contributed by atoms with Gasteiger partial charge in [0.25, 0.3) is 10.0 Å². The summed E-state index contributed by atoms with van der Waals surface area (Å²) in [4.78, 5) is 15.1. The molecule has 0 aliphatic heterocycles. The highest BCUT2D eigenvalue weighted by molar-refractivity contribution is 7.92. The fourth-order valence-electron chi connectivity index (χ4n) is 4.48. The summed E-state index contributed by atoms with van der Waals surface area (Å²) in [5, 5.41) is 3.37. The molecular formula is C27H32ClFN6O2S. The maximum atomic E-state index is 14.8. The maximum Gasteiger partial charge on any atom is 0.264 e. The Balaban J connectivity index is 1.36. The Morgan fingerprint density at radius 1 is 1.11 bits per heavy atom. The van der Waals surface area contributed by atoms with Crippen LogP contribution in [-0.4, -0.2) is 55.0 Å². The average molecular weight is 559 g/mol. The number of hydrogen-bond donors (Lipinski definition) is 2. The highest BCUT2D eigenvalue weighted by Gasteiger charge is 2.23. The molecule has 2 N–H and O–H groups in total. The summed E-state index contributed by atoms with van der Waals surface area (Å²) in [6, 6.07) is 7.83. The van der Waals surface area contributed by atoms with Crippen molar-refractivity contribution in [3.05, 3.63) is 70.4 Å². The lowest BCUT2D eigenvalue weighted by Gasteiger charge is -2.32. The predicted molar refractivity (Wildman–Crippen MR) is 150 cm³/mol. The molecule has 202 valence electrons. The number of nitrogens with zero attached hydrogens (tertiary/aromatic N) is 4. The van der Waals surface area contributed by atoms with Gasteiger partial charge >= 0.3 is 0 Å². The molecule has 1 aliphatic rings. The topological polar surface area (TPSA) is 100 Å². The molecule has 0 saturated heterocycles. The lowest BCUT2D eigenvalue weighted by molar-refractivity contribution is 0.198. The zero-order valence-electron chi connectivity index (χ0n) is 21.7. The van der Waals surface area contributed by atoms with Crippen molar-refractivity contribution in [1.82, 2.24) is 19.9 Å². The molecule has 11 heteroatoms. The molecule has 0 atom stereocenters. The quantitative estimate of drug-likeness (QED) is 0.359. The Bertz CT molecular complexity index is 1390. The van der Waals surface area contributed by atoms with Crippen LogP contribution < -0.4 is 10.0 Å². The van der Waals surface area contributed by atoms with Crippen LogP contribution in [0.3, 0.4) is 0 Å². The Morgan fingerprint density at radius 3 is 2.45 bits per heavy atom. The molecule has 8 nitrogen and oxygen atoms in total. The highest BCUT2D eigenvalue weighted by Crippen LogP contribution is 2.27. The number of anilines is 2. The van der Waals surface area contributed by atoms with Crippen LogP contribution in [0.25, 0.3) is 12.2 Å². The molecule has 1 aromatic carbocycles. The van der Waals surface area contributed by atoms with Gasteiger partial charge in [0.05, 0.1) is 5.02 Å². The average Bonchev–Trinajstić information content (AvgIpc) is 2.89. The third-order valence-electron chi connectivity index (χ3n) is 6.79. The lowest BCUT2D eigenvalue weighted by atomic mass is 9.85. The van der Waals surface area contributed by atoms with Gasteiger partial charge in [0.15, 0.2) is 11.6 Å². The van der Waals surface area contributed by atoms with Crippen LogP contribution in [-0.2, 0) is 10.0 Å². The van der Waals surface area contributed by atoms with Crippen LogP contribution >= 0.6 is 11.6 Å². The third kappa shape index (κ3) is 7.06. The van der Waals surface area contributed by atoms with Crippen molar-refractivity contribution in [2.75, 3.05) is 30.7 Å². The van der Waals surface area contributed by atoms with Gasteiger partial charge in [-0.3, -0.25) is 4.72 Å². The molecule has 0 amide bonds. The van der Waals surface area contributed by atoms with E-state index >= 15 is 0 Å². The van der Waals surface area contributed by atoms with Gasteiger partial charge in [0.1, 0.15) is 4.90 Å². The molecule has 3 aromatic rings. The van der Waals surface area contributed by atoms with E-state index in [-0.39, 0.29) is 9.92 Å². The summed E-state index contributed by atoms with van der Waals surface area (Å²) in [6.45, 7) is 2.52. The minimum absolute atomic E-state index is 0.0345. The molecule has 0 bridgehead atoms. The molecule has 2 aromatic heterocycles. The summed E-state index contributed by atoms with van der Waals surface area (Å²) >= 11 is 5.99. The van der Waals surface area contributed by atoms with Crippen LogP contribution in [0.1, 0.15) is 42.5 Å². The minimum atomic E-state index is -4.10. The number of aromatic nitrogens is 3. The molecule has 0 unspecified atom stereocenters. The molecular weight excluding hydrogens is 527 g/mol. The van der Waals surface area contributed by atoms with Gasteiger partial charge in [0, 0.05) is 36.2 Å². The lowest BCUT2D eigenvalue weighted by Crippen LogP contribution is -2.33. The van der Waals surface area contributed by atoms with E-state index in [0.717, 1.165) is 12.1 Å². The van der Waals surface area contributed by atoms with E-state index < -0.39 is 21.7 Å². The van der Waals surface area contributed by atoms with Crippen molar-refractivity contribution in [3.8, 4) is 0 Å². The number of hydrogen-bond acceptors (Lipinski definition) is 7. The molecule has 1 fully saturated rings. The summed E-state index contributed by atoms with van der Waals surface area (Å²) in [6.07, 6.45) is 11.7.